The number of nitrogens with one attached hydrogen (secondary N) is 2. The van der Waals surface area contributed by atoms with Gasteiger partial charge in [-0.1, -0.05) is 19.3 Å². The first-order chi connectivity index (χ1) is 15.5. The first-order valence-corrected chi connectivity index (χ1v) is 10.8. The minimum Gasteiger partial charge on any atom is -0.492 e. The van der Waals surface area contributed by atoms with Gasteiger partial charge in [0.2, 0.25) is 5.95 Å². The predicted molar refractivity (Wildman–Crippen MR) is 117 cm³/mol. The van der Waals surface area contributed by atoms with Crippen LogP contribution < -0.4 is 15.4 Å². The molecule has 1 aliphatic carbocycles. The minimum atomic E-state index is -4.52. The van der Waals surface area contributed by atoms with E-state index in [-0.39, 0.29) is 17.8 Å². The fraction of sp³-hybridized carbons (Fsp3) is 0.391. The van der Waals surface area contributed by atoms with Crippen molar-refractivity contribution in [1.29, 1.82) is 0 Å². The van der Waals surface area contributed by atoms with Crippen molar-refractivity contribution < 1.29 is 17.9 Å². The molecule has 4 rings (SSSR count). The van der Waals surface area contributed by atoms with E-state index < -0.39 is 11.7 Å². The Hall–Kier alpha value is -3.23. The summed E-state index contributed by atoms with van der Waals surface area (Å²) < 4.78 is 48.1. The highest BCUT2D eigenvalue weighted by Gasteiger charge is 2.36. The Morgan fingerprint density at radius 2 is 1.75 bits per heavy atom. The molecule has 170 valence electrons. The Balaban J connectivity index is 1.40. The second-order valence-corrected chi connectivity index (χ2v) is 7.85. The van der Waals surface area contributed by atoms with Gasteiger partial charge in [0.05, 0.1) is 6.54 Å². The quantitative estimate of drug-likeness (QED) is 0.454. The first kappa shape index (κ1) is 22.0. The Bertz CT molecular complexity index is 984. The molecule has 1 saturated carbocycles. The van der Waals surface area contributed by atoms with E-state index in [9.17, 15) is 13.2 Å². The fourth-order valence-electron chi connectivity index (χ4n) is 3.75. The second-order valence-electron chi connectivity index (χ2n) is 7.85. The van der Waals surface area contributed by atoms with Crippen LogP contribution in [-0.2, 0) is 12.7 Å². The Labute approximate surface area is 184 Å². The summed E-state index contributed by atoms with van der Waals surface area (Å²) in [6.45, 7) is 1.27. The molecule has 1 aromatic carbocycles. The van der Waals surface area contributed by atoms with Crippen LogP contribution in [0.15, 0.2) is 55.0 Å². The van der Waals surface area contributed by atoms with Gasteiger partial charge in [0, 0.05) is 30.3 Å². The number of aromatic nitrogens is 3. The van der Waals surface area contributed by atoms with E-state index in [1.54, 1.807) is 24.3 Å². The standard InChI is InChI=1S/C23H26F3N5O/c24-23(25,26)20-16-27-22(30-21(20)28-17-6-2-1-3-7-17)29-18-8-10-19(11-9-18)32-15-14-31-12-4-5-13-31/h4-5,8-13,16-17H,1-3,6-7,14-15H2,(H2,27,28,29,30). The molecule has 0 aliphatic heterocycles. The number of hydrogen-bond acceptors (Lipinski definition) is 5. The van der Waals surface area contributed by atoms with Gasteiger partial charge in [-0.15, -0.1) is 0 Å². The molecular weight excluding hydrogens is 419 g/mol. The lowest BCUT2D eigenvalue weighted by molar-refractivity contribution is -0.137. The molecule has 0 spiro atoms. The van der Waals surface area contributed by atoms with Crippen molar-refractivity contribution in [2.45, 2.75) is 50.9 Å². The molecule has 0 saturated heterocycles. The average Bonchev–Trinajstić information content (AvgIpc) is 3.29. The number of ether oxygens (including phenoxy) is 1. The highest BCUT2D eigenvalue weighted by Crippen LogP contribution is 2.35. The molecule has 3 aromatic rings. The van der Waals surface area contributed by atoms with Gasteiger partial charge in [-0.05, 0) is 49.2 Å². The van der Waals surface area contributed by atoms with Crippen LogP contribution in [0.25, 0.3) is 0 Å². The lowest BCUT2D eigenvalue weighted by Crippen LogP contribution is -2.25. The van der Waals surface area contributed by atoms with Crippen LogP contribution in [0.4, 0.5) is 30.6 Å². The van der Waals surface area contributed by atoms with Gasteiger partial charge in [-0.3, -0.25) is 0 Å². The highest BCUT2D eigenvalue weighted by molar-refractivity contribution is 5.57. The van der Waals surface area contributed by atoms with Crippen LogP contribution in [0.3, 0.4) is 0 Å². The van der Waals surface area contributed by atoms with E-state index in [1.165, 1.54) is 0 Å². The third kappa shape index (κ3) is 5.93. The summed E-state index contributed by atoms with van der Waals surface area (Å²) in [5, 5.41) is 5.97. The summed E-state index contributed by atoms with van der Waals surface area (Å²) in [6, 6.07) is 11.1. The molecule has 9 heteroatoms. The number of halogens is 3. The van der Waals surface area contributed by atoms with Crippen LogP contribution in [0.1, 0.15) is 37.7 Å². The van der Waals surface area contributed by atoms with E-state index in [0.717, 1.165) is 44.8 Å². The average molecular weight is 445 g/mol. The zero-order valence-electron chi connectivity index (χ0n) is 17.6. The number of hydrogen-bond donors (Lipinski definition) is 2. The molecule has 0 unspecified atom stereocenters. The molecule has 2 heterocycles. The zero-order valence-corrected chi connectivity index (χ0v) is 17.6. The Morgan fingerprint density at radius 3 is 2.44 bits per heavy atom. The maximum absolute atomic E-state index is 13.4. The topological polar surface area (TPSA) is 64.0 Å². The van der Waals surface area contributed by atoms with Gasteiger partial charge in [0.25, 0.3) is 0 Å². The van der Waals surface area contributed by atoms with Gasteiger partial charge in [-0.25, -0.2) is 4.98 Å². The SMILES string of the molecule is FC(F)(F)c1cnc(Nc2ccc(OCCn3cccc3)cc2)nc1NC1CCCCC1. The summed E-state index contributed by atoms with van der Waals surface area (Å²) in [5.41, 5.74) is -0.189. The van der Waals surface area contributed by atoms with Crippen LogP contribution >= 0.6 is 0 Å². The molecular formula is C23H26F3N5O. The van der Waals surface area contributed by atoms with E-state index in [4.69, 9.17) is 4.74 Å². The fourth-order valence-corrected chi connectivity index (χ4v) is 3.75. The van der Waals surface area contributed by atoms with Crippen LogP contribution in [-0.4, -0.2) is 27.2 Å². The number of benzene rings is 1. The van der Waals surface area contributed by atoms with Gasteiger partial charge < -0.3 is 19.9 Å². The number of alkyl halides is 3. The van der Waals surface area contributed by atoms with Crippen molar-refractivity contribution in [2.75, 3.05) is 17.2 Å². The monoisotopic (exact) mass is 445 g/mol. The smallest absolute Gasteiger partial charge is 0.421 e. The Kier molecular flexibility index (Phi) is 6.82. The van der Waals surface area contributed by atoms with Gasteiger partial charge in [0.1, 0.15) is 23.7 Å². The summed E-state index contributed by atoms with van der Waals surface area (Å²) in [5.74, 6) is 0.639. The molecule has 0 bridgehead atoms. The number of rotatable bonds is 8. The van der Waals surface area contributed by atoms with Crippen molar-refractivity contribution >= 4 is 17.5 Å². The molecule has 0 atom stereocenters. The highest BCUT2D eigenvalue weighted by atomic mass is 19.4. The first-order valence-electron chi connectivity index (χ1n) is 10.8. The van der Waals surface area contributed by atoms with E-state index in [1.807, 2.05) is 29.1 Å². The third-order valence-corrected chi connectivity index (χ3v) is 5.44. The normalized spacial score (nSPS) is 14.8. The maximum Gasteiger partial charge on any atom is 0.421 e. The van der Waals surface area contributed by atoms with Crippen LogP contribution in [0.2, 0.25) is 0 Å². The molecule has 0 amide bonds. The maximum atomic E-state index is 13.4. The zero-order chi connectivity index (χ0) is 22.4. The molecule has 1 fully saturated rings. The predicted octanol–water partition coefficient (Wildman–Crippen LogP) is 5.86. The van der Waals surface area contributed by atoms with Gasteiger partial charge in [-0.2, -0.15) is 18.2 Å². The van der Waals surface area contributed by atoms with Crippen LogP contribution in [0, 0.1) is 0 Å². The van der Waals surface area contributed by atoms with E-state index in [0.29, 0.717) is 18.0 Å². The number of anilines is 3. The summed E-state index contributed by atoms with van der Waals surface area (Å²) in [4.78, 5) is 8.02. The summed E-state index contributed by atoms with van der Waals surface area (Å²) >= 11 is 0. The molecule has 6 nitrogen and oxygen atoms in total. The molecule has 2 N–H and O–H groups in total. The lowest BCUT2D eigenvalue weighted by atomic mass is 9.95. The van der Waals surface area contributed by atoms with Crippen molar-refractivity contribution in [3.8, 4) is 5.75 Å². The summed E-state index contributed by atoms with van der Waals surface area (Å²) in [7, 11) is 0. The molecule has 0 radical (unpaired) electrons. The Morgan fingerprint density at radius 1 is 1.03 bits per heavy atom. The van der Waals surface area contributed by atoms with Crippen LogP contribution in [0.5, 0.6) is 5.75 Å². The largest absolute Gasteiger partial charge is 0.492 e. The van der Waals surface area contributed by atoms with E-state index >= 15 is 0 Å². The molecule has 1 aliphatic rings. The molecule has 2 aromatic heterocycles. The number of nitrogens with zero attached hydrogens (tertiary/aromatic N) is 3. The minimum absolute atomic E-state index is 0.00410. The summed E-state index contributed by atoms with van der Waals surface area (Å²) in [6.07, 6.45) is 5.08. The van der Waals surface area contributed by atoms with Crippen molar-refractivity contribution in [3.05, 3.63) is 60.6 Å². The van der Waals surface area contributed by atoms with E-state index in [2.05, 4.69) is 20.6 Å². The second kappa shape index (κ2) is 9.93. The molecule has 32 heavy (non-hydrogen) atoms. The van der Waals surface area contributed by atoms with Gasteiger partial charge >= 0.3 is 6.18 Å². The third-order valence-electron chi connectivity index (χ3n) is 5.44. The lowest BCUT2D eigenvalue weighted by Gasteiger charge is -2.25. The van der Waals surface area contributed by atoms with Crippen molar-refractivity contribution in [3.63, 3.8) is 0 Å². The van der Waals surface area contributed by atoms with Crippen molar-refractivity contribution in [2.24, 2.45) is 0 Å². The van der Waals surface area contributed by atoms with Gasteiger partial charge in [0.15, 0.2) is 0 Å². The van der Waals surface area contributed by atoms with Crippen molar-refractivity contribution in [1.82, 2.24) is 14.5 Å².